The number of carbonyl (C=O) groups excluding carboxylic acids is 2. The van der Waals surface area contributed by atoms with Crippen LogP contribution in [-0.4, -0.2) is 47.9 Å². The highest BCUT2D eigenvalue weighted by atomic mass is 32.1. The van der Waals surface area contributed by atoms with Crippen LogP contribution in [0.2, 0.25) is 0 Å². The van der Waals surface area contributed by atoms with Gasteiger partial charge < -0.3 is 14.5 Å². The van der Waals surface area contributed by atoms with Crippen molar-refractivity contribution in [2.75, 3.05) is 20.2 Å². The first-order valence-corrected chi connectivity index (χ1v) is 11.7. The highest BCUT2D eigenvalue weighted by molar-refractivity contribution is 7.10. The van der Waals surface area contributed by atoms with Crippen molar-refractivity contribution in [2.24, 2.45) is 5.92 Å². The highest BCUT2D eigenvalue weighted by Gasteiger charge is 2.38. The van der Waals surface area contributed by atoms with Crippen molar-refractivity contribution in [3.8, 4) is 5.75 Å². The standard InChI is InChI=1S/C24H30N2O3S/c1-4-16(2)26(24(28)18-5-6-18)15-22(27)25-13-11-21-20(12-14-30-21)23(25)17-7-9-19(29-3)10-8-17/h7-10,12,14,16,18,23H,4-6,11,13,15H2,1-3H3/t16-,23+/m1/s1. The molecule has 2 heterocycles. The Balaban J connectivity index is 1.61. The summed E-state index contributed by atoms with van der Waals surface area (Å²) >= 11 is 1.76. The van der Waals surface area contributed by atoms with E-state index in [1.807, 2.05) is 41.0 Å². The largest absolute Gasteiger partial charge is 0.497 e. The Morgan fingerprint density at radius 3 is 2.60 bits per heavy atom. The molecular weight excluding hydrogens is 396 g/mol. The van der Waals surface area contributed by atoms with Crippen LogP contribution in [0.25, 0.3) is 0 Å². The summed E-state index contributed by atoms with van der Waals surface area (Å²) in [5.74, 6) is 1.10. The fraction of sp³-hybridized carbons (Fsp3) is 0.500. The molecule has 1 fully saturated rings. The first-order chi connectivity index (χ1) is 14.5. The molecule has 1 aliphatic carbocycles. The van der Waals surface area contributed by atoms with Gasteiger partial charge in [-0.15, -0.1) is 11.3 Å². The first-order valence-electron chi connectivity index (χ1n) is 10.8. The third-order valence-electron chi connectivity index (χ3n) is 6.36. The van der Waals surface area contributed by atoms with Crippen molar-refractivity contribution in [1.29, 1.82) is 0 Å². The van der Waals surface area contributed by atoms with E-state index in [0.717, 1.165) is 37.0 Å². The molecule has 2 amide bonds. The predicted molar refractivity (Wildman–Crippen MR) is 119 cm³/mol. The summed E-state index contributed by atoms with van der Waals surface area (Å²) in [5.41, 5.74) is 2.28. The molecule has 5 nitrogen and oxygen atoms in total. The number of ether oxygens (including phenoxy) is 1. The van der Waals surface area contributed by atoms with Crippen molar-refractivity contribution in [3.05, 3.63) is 51.7 Å². The Bertz CT molecular complexity index is 903. The number of thiophene rings is 1. The molecule has 6 heteroatoms. The monoisotopic (exact) mass is 426 g/mol. The maximum atomic E-state index is 13.5. The van der Waals surface area contributed by atoms with Gasteiger partial charge in [-0.3, -0.25) is 9.59 Å². The Kier molecular flexibility index (Phi) is 6.14. The van der Waals surface area contributed by atoms with Crippen LogP contribution in [0, 0.1) is 5.92 Å². The molecule has 2 aliphatic rings. The second-order valence-corrected chi connectivity index (χ2v) is 9.31. The van der Waals surface area contributed by atoms with E-state index in [1.165, 1.54) is 10.4 Å². The molecule has 0 N–H and O–H groups in total. The molecule has 0 bridgehead atoms. The molecule has 2 atom stereocenters. The van der Waals surface area contributed by atoms with Crippen LogP contribution in [0.1, 0.15) is 55.2 Å². The average Bonchev–Trinajstić information content (AvgIpc) is 3.52. The third kappa shape index (κ3) is 4.10. The summed E-state index contributed by atoms with van der Waals surface area (Å²) in [5, 5.41) is 2.11. The van der Waals surface area contributed by atoms with E-state index in [4.69, 9.17) is 4.74 Å². The Labute approximate surface area is 182 Å². The number of amides is 2. The SMILES string of the molecule is CC[C@@H](C)N(CC(=O)N1CCc2sccc2[C@@H]1c1ccc(OC)cc1)C(=O)C1CC1. The zero-order valence-corrected chi connectivity index (χ0v) is 18.8. The number of fused-ring (bicyclic) bond motifs is 1. The smallest absolute Gasteiger partial charge is 0.243 e. The minimum absolute atomic E-state index is 0.0296. The summed E-state index contributed by atoms with van der Waals surface area (Å²) in [4.78, 5) is 31.5. The Morgan fingerprint density at radius 2 is 1.97 bits per heavy atom. The van der Waals surface area contributed by atoms with Crippen molar-refractivity contribution < 1.29 is 14.3 Å². The molecule has 0 spiro atoms. The van der Waals surface area contributed by atoms with E-state index >= 15 is 0 Å². The fourth-order valence-electron chi connectivity index (χ4n) is 4.20. The minimum Gasteiger partial charge on any atom is -0.497 e. The predicted octanol–water partition coefficient (Wildman–Crippen LogP) is 4.27. The van der Waals surface area contributed by atoms with Gasteiger partial charge in [0.15, 0.2) is 0 Å². The molecule has 0 radical (unpaired) electrons. The normalized spacial score (nSPS) is 19.2. The number of benzene rings is 1. The number of hydrogen-bond acceptors (Lipinski definition) is 4. The second kappa shape index (κ2) is 8.80. The zero-order valence-electron chi connectivity index (χ0n) is 18.0. The van der Waals surface area contributed by atoms with Gasteiger partial charge in [-0.05, 0) is 67.3 Å². The topological polar surface area (TPSA) is 49.9 Å². The van der Waals surface area contributed by atoms with Crippen LogP contribution in [0.4, 0.5) is 0 Å². The molecule has 0 unspecified atom stereocenters. The fourth-order valence-corrected chi connectivity index (χ4v) is 5.11. The van der Waals surface area contributed by atoms with Crippen molar-refractivity contribution in [1.82, 2.24) is 9.80 Å². The quantitative estimate of drug-likeness (QED) is 0.664. The molecular formula is C24H30N2O3S. The minimum atomic E-state index is -0.117. The molecule has 1 saturated carbocycles. The lowest BCUT2D eigenvalue weighted by atomic mass is 9.93. The molecule has 1 aromatic heterocycles. The van der Waals surface area contributed by atoms with Gasteiger partial charge in [0.2, 0.25) is 11.8 Å². The zero-order chi connectivity index (χ0) is 21.3. The summed E-state index contributed by atoms with van der Waals surface area (Å²) in [6, 6.07) is 10.1. The number of hydrogen-bond donors (Lipinski definition) is 0. The second-order valence-electron chi connectivity index (χ2n) is 8.31. The van der Waals surface area contributed by atoms with E-state index < -0.39 is 0 Å². The van der Waals surface area contributed by atoms with Gasteiger partial charge in [0, 0.05) is 23.4 Å². The van der Waals surface area contributed by atoms with Crippen LogP contribution < -0.4 is 4.74 Å². The van der Waals surface area contributed by atoms with Gasteiger partial charge in [0.1, 0.15) is 12.3 Å². The van der Waals surface area contributed by atoms with Crippen LogP contribution in [-0.2, 0) is 16.0 Å². The van der Waals surface area contributed by atoms with Gasteiger partial charge in [0.25, 0.3) is 0 Å². The molecule has 0 saturated heterocycles. The van der Waals surface area contributed by atoms with E-state index in [9.17, 15) is 9.59 Å². The van der Waals surface area contributed by atoms with E-state index in [-0.39, 0.29) is 36.4 Å². The lowest BCUT2D eigenvalue weighted by molar-refractivity contribution is -0.144. The van der Waals surface area contributed by atoms with E-state index in [2.05, 4.69) is 18.4 Å². The Morgan fingerprint density at radius 1 is 1.23 bits per heavy atom. The number of methoxy groups -OCH3 is 1. The van der Waals surface area contributed by atoms with Gasteiger partial charge in [-0.1, -0.05) is 19.1 Å². The van der Waals surface area contributed by atoms with Gasteiger partial charge in [-0.2, -0.15) is 0 Å². The third-order valence-corrected chi connectivity index (χ3v) is 7.35. The van der Waals surface area contributed by atoms with E-state index in [1.54, 1.807) is 18.4 Å². The number of carbonyl (C=O) groups is 2. The Hall–Kier alpha value is -2.34. The van der Waals surface area contributed by atoms with Gasteiger partial charge in [0.05, 0.1) is 13.2 Å². The summed E-state index contributed by atoms with van der Waals surface area (Å²) in [7, 11) is 1.66. The number of nitrogens with zero attached hydrogens (tertiary/aromatic N) is 2. The maximum absolute atomic E-state index is 13.5. The lowest BCUT2D eigenvalue weighted by Gasteiger charge is -2.38. The maximum Gasteiger partial charge on any atom is 0.243 e. The van der Waals surface area contributed by atoms with Gasteiger partial charge in [-0.25, -0.2) is 0 Å². The van der Waals surface area contributed by atoms with E-state index in [0.29, 0.717) is 6.54 Å². The summed E-state index contributed by atoms with van der Waals surface area (Å²) < 4.78 is 5.31. The highest BCUT2D eigenvalue weighted by Crippen LogP contribution is 2.38. The van der Waals surface area contributed by atoms with Crippen molar-refractivity contribution in [3.63, 3.8) is 0 Å². The molecule has 4 rings (SSSR count). The molecule has 30 heavy (non-hydrogen) atoms. The van der Waals surface area contributed by atoms with Gasteiger partial charge >= 0.3 is 0 Å². The summed E-state index contributed by atoms with van der Waals surface area (Å²) in [6.45, 7) is 4.95. The molecule has 2 aromatic rings. The van der Waals surface area contributed by atoms with Crippen molar-refractivity contribution in [2.45, 2.75) is 51.6 Å². The van der Waals surface area contributed by atoms with Crippen LogP contribution in [0.3, 0.4) is 0 Å². The van der Waals surface area contributed by atoms with Crippen molar-refractivity contribution >= 4 is 23.2 Å². The molecule has 1 aromatic carbocycles. The average molecular weight is 427 g/mol. The summed E-state index contributed by atoms with van der Waals surface area (Å²) in [6.07, 6.45) is 3.63. The molecule has 1 aliphatic heterocycles. The number of rotatable bonds is 7. The first kappa shape index (κ1) is 20.9. The van der Waals surface area contributed by atoms with Crippen LogP contribution in [0.15, 0.2) is 35.7 Å². The molecule has 160 valence electrons. The van der Waals surface area contributed by atoms with Crippen LogP contribution in [0.5, 0.6) is 5.75 Å². The lowest BCUT2D eigenvalue weighted by Crippen LogP contribution is -2.49. The van der Waals surface area contributed by atoms with Crippen LogP contribution >= 0.6 is 11.3 Å².